The van der Waals surface area contributed by atoms with Crippen molar-refractivity contribution in [1.82, 2.24) is 15.0 Å². The fourth-order valence-corrected chi connectivity index (χ4v) is 2.98. The van der Waals surface area contributed by atoms with E-state index in [-0.39, 0.29) is 0 Å². The van der Waals surface area contributed by atoms with Crippen molar-refractivity contribution in [3.05, 3.63) is 59.5 Å². The molecule has 0 aliphatic carbocycles. The molecule has 0 aliphatic rings. The van der Waals surface area contributed by atoms with Crippen LogP contribution in [0.25, 0.3) is 33.1 Å². The molecule has 0 fully saturated rings. The molecule has 21 heavy (non-hydrogen) atoms. The number of aryl methyl sites for hydroxylation is 1. The van der Waals surface area contributed by atoms with Crippen molar-refractivity contribution in [3.8, 4) is 11.1 Å². The fourth-order valence-electron chi connectivity index (χ4n) is 2.67. The van der Waals surface area contributed by atoms with Crippen molar-refractivity contribution < 1.29 is 0 Å². The van der Waals surface area contributed by atoms with Gasteiger partial charge in [0.05, 0.1) is 5.39 Å². The van der Waals surface area contributed by atoms with Gasteiger partial charge in [-0.15, -0.1) is 0 Å². The van der Waals surface area contributed by atoms with Gasteiger partial charge in [0.2, 0.25) is 0 Å². The summed E-state index contributed by atoms with van der Waals surface area (Å²) in [6.07, 6.45) is 0. The SMILES string of the molecule is Cc1nc(Cl)c2c(n1)[nH]c1ccc(-c3ccccc3)cc12. The summed E-state index contributed by atoms with van der Waals surface area (Å²) in [5.41, 5.74) is 4.14. The average molecular weight is 294 g/mol. The highest BCUT2D eigenvalue weighted by atomic mass is 35.5. The molecule has 102 valence electrons. The second-order valence-electron chi connectivity index (χ2n) is 5.04. The number of benzene rings is 2. The number of hydrogen-bond acceptors (Lipinski definition) is 2. The number of nitrogens with zero attached hydrogens (tertiary/aromatic N) is 2. The highest BCUT2D eigenvalue weighted by Gasteiger charge is 2.12. The Morgan fingerprint density at radius 2 is 1.76 bits per heavy atom. The smallest absolute Gasteiger partial charge is 0.143 e. The molecule has 3 nitrogen and oxygen atoms in total. The number of hydrogen-bond donors (Lipinski definition) is 1. The Balaban J connectivity index is 2.05. The van der Waals surface area contributed by atoms with Crippen LogP contribution in [0.3, 0.4) is 0 Å². The molecule has 2 aromatic heterocycles. The first-order valence-corrected chi connectivity index (χ1v) is 7.11. The molecule has 2 aromatic carbocycles. The molecule has 0 bridgehead atoms. The van der Waals surface area contributed by atoms with Crippen LogP contribution in [0.15, 0.2) is 48.5 Å². The van der Waals surface area contributed by atoms with E-state index >= 15 is 0 Å². The topological polar surface area (TPSA) is 41.6 Å². The first kappa shape index (κ1) is 12.4. The molecule has 0 amide bonds. The lowest BCUT2D eigenvalue weighted by Crippen LogP contribution is -1.88. The largest absolute Gasteiger partial charge is 0.339 e. The maximum absolute atomic E-state index is 6.31. The predicted molar refractivity (Wildman–Crippen MR) is 86.6 cm³/mol. The standard InChI is InChI=1S/C17H12ClN3/c1-10-19-16(18)15-13-9-12(11-5-3-2-4-6-11)7-8-14(13)21-17(15)20-10/h2-9H,1H3,(H,19,20,21). The second-order valence-corrected chi connectivity index (χ2v) is 5.39. The van der Waals surface area contributed by atoms with Crippen LogP contribution in [0, 0.1) is 6.92 Å². The monoisotopic (exact) mass is 293 g/mol. The zero-order chi connectivity index (χ0) is 14.4. The van der Waals surface area contributed by atoms with Crippen molar-refractivity contribution >= 4 is 33.5 Å². The van der Waals surface area contributed by atoms with E-state index in [9.17, 15) is 0 Å². The highest BCUT2D eigenvalue weighted by molar-refractivity contribution is 6.36. The molecule has 0 aliphatic heterocycles. The van der Waals surface area contributed by atoms with Gasteiger partial charge in [-0.25, -0.2) is 9.97 Å². The number of aromatic nitrogens is 3. The van der Waals surface area contributed by atoms with Crippen molar-refractivity contribution in [1.29, 1.82) is 0 Å². The minimum Gasteiger partial charge on any atom is -0.339 e. The summed E-state index contributed by atoms with van der Waals surface area (Å²) in [6.45, 7) is 1.84. The third-order valence-electron chi connectivity index (χ3n) is 3.63. The first-order chi connectivity index (χ1) is 10.2. The van der Waals surface area contributed by atoms with Crippen molar-refractivity contribution in [2.24, 2.45) is 0 Å². The molecule has 4 heteroatoms. The molecule has 1 N–H and O–H groups in total. The number of H-pyrrole nitrogens is 1. The summed E-state index contributed by atoms with van der Waals surface area (Å²) >= 11 is 6.31. The van der Waals surface area contributed by atoms with E-state index in [1.807, 2.05) is 25.1 Å². The summed E-state index contributed by atoms with van der Waals surface area (Å²) in [4.78, 5) is 12.0. The Kier molecular flexibility index (Phi) is 2.69. The molecule has 0 radical (unpaired) electrons. The van der Waals surface area contributed by atoms with E-state index < -0.39 is 0 Å². The van der Waals surface area contributed by atoms with Gasteiger partial charge >= 0.3 is 0 Å². The van der Waals surface area contributed by atoms with Gasteiger partial charge in [0.1, 0.15) is 16.6 Å². The van der Waals surface area contributed by atoms with Gasteiger partial charge in [0.15, 0.2) is 0 Å². The van der Waals surface area contributed by atoms with Gasteiger partial charge < -0.3 is 4.98 Å². The van der Waals surface area contributed by atoms with Gasteiger partial charge in [-0.1, -0.05) is 48.0 Å². The lowest BCUT2D eigenvalue weighted by atomic mass is 10.0. The predicted octanol–water partition coefficient (Wildman–Crippen LogP) is 4.74. The second kappa shape index (κ2) is 4.57. The summed E-state index contributed by atoms with van der Waals surface area (Å²) in [7, 11) is 0. The Morgan fingerprint density at radius 1 is 0.952 bits per heavy atom. The third-order valence-corrected chi connectivity index (χ3v) is 3.90. The molecular weight excluding hydrogens is 282 g/mol. The molecule has 0 atom stereocenters. The normalized spacial score (nSPS) is 11.3. The molecule has 0 saturated heterocycles. The van der Waals surface area contributed by atoms with E-state index in [1.54, 1.807) is 0 Å². The van der Waals surface area contributed by atoms with Crippen LogP contribution in [0.2, 0.25) is 5.15 Å². The Morgan fingerprint density at radius 3 is 2.57 bits per heavy atom. The van der Waals surface area contributed by atoms with Crippen molar-refractivity contribution in [3.63, 3.8) is 0 Å². The summed E-state index contributed by atoms with van der Waals surface area (Å²) < 4.78 is 0. The van der Waals surface area contributed by atoms with Gasteiger partial charge in [0.25, 0.3) is 0 Å². The number of fused-ring (bicyclic) bond motifs is 3. The summed E-state index contributed by atoms with van der Waals surface area (Å²) in [5.74, 6) is 0.669. The molecular formula is C17H12ClN3. The zero-order valence-corrected chi connectivity index (χ0v) is 12.1. The van der Waals surface area contributed by atoms with E-state index in [1.165, 1.54) is 5.56 Å². The summed E-state index contributed by atoms with van der Waals surface area (Å²) in [6, 6.07) is 16.6. The number of aromatic amines is 1. The molecule has 4 aromatic rings. The zero-order valence-electron chi connectivity index (χ0n) is 11.4. The number of rotatable bonds is 1. The van der Waals surface area contributed by atoms with Crippen LogP contribution in [0.4, 0.5) is 0 Å². The van der Waals surface area contributed by atoms with E-state index in [2.05, 4.69) is 45.3 Å². The van der Waals surface area contributed by atoms with Crippen LogP contribution in [-0.2, 0) is 0 Å². The van der Waals surface area contributed by atoms with Crippen molar-refractivity contribution in [2.45, 2.75) is 6.92 Å². The molecule has 4 rings (SSSR count). The Hall–Kier alpha value is -2.39. The van der Waals surface area contributed by atoms with Crippen LogP contribution < -0.4 is 0 Å². The average Bonchev–Trinajstić information content (AvgIpc) is 2.85. The number of nitrogens with one attached hydrogen (secondary N) is 1. The molecule has 0 spiro atoms. The van der Waals surface area contributed by atoms with Gasteiger partial charge in [0, 0.05) is 10.9 Å². The lowest BCUT2D eigenvalue weighted by Gasteiger charge is -2.02. The minimum atomic E-state index is 0.494. The van der Waals surface area contributed by atoms with E-state index in [4.69, 9.17) is 11.6 Å². The van der Waals surface area contributed by atoms with E-state index in [0.29, 0.717) is 11.0 Å². The highest BCUT2D eigenvalue weighted by Crippen LogP contribution is 2.32. The third kappa shape index (κ3) is 1.98. The maximum Gasteiger partial charge on any atom is 0.143 e. The van der Waals surface area contributed by atoms with Crippen molar-refractivity contribution in [2.75, 3.05) is 0 Å². The number of halogens is 1. The van der Waals surface area contributed by atoms with Crippen LogP contribution >= 0.6 is 11.6 Å². The molecule has 0 unspecified atom stereocenters. The Labute approximate surface area is 126 Å². The minimum absolute atomic E-state index is 0.494. The maximum atomic E-state index is 6.31. The van der Waals surface area contributed by atoms with Gasteiger partial charge in [-0.2, -0.15) is 0 Å². The quantitative estimate of drug-likeness (QED) is 0.515. The van der Waals surface area contributed by atoms with Gasteiger partial charge in [-0.3, -0.25) is 0 Å². The van der Waals surface area contributed by atoms with E-state index in [0.717, 1.165) is 27.5 Å². The molecule has 0 saturated carbocycles. The first-order valence-electron chi connectivity index (χ1n) is 6.73. The summed E-state index contributed by atoms with van der Waals surface area (Å²) in [5, 5.41) is 2.43. The van der Waals surface area contributed by atoms with Crippen LogP contribution in [-0.4, -0.2) is 15.0 Å². The molecule has 2 heterocycles. The fraction of sp³-hybridized carbons (Fsp3) is 0.0588. The van der Waals surface area contributed by atoms with Crippen LogP contribution in [0.5, 0.6) is 0 Å². The lowest BCUT2D eigenvalue weighted by molar-refractivity contribution is 1.08. The van der Waals surface area contributed by atoms with Gasteiger partial charge in [-0.05, 0) is 30.2 Å². The van der Waals surface area contributed by atoms with Crippen LogP contribution in [0.1, 0.15) is 5.82 Å². The Bertz CT molecular complexity index is 958.